The van der Waals surface area contributed by atoms with Gasteiger partial charge in [-0.25, -0.2) is 0 Å². The highest BCUT2D eigenvalue weighted by atomic mass is 16.6. The van der Waals surface area contributed by atoms with Crippen molar-refractivity contribution in [1.82, 2.24) is 0 Å². The van der Waals surface area contributed by atoms with E-state index in [2.05, 4.69) is 98.9 Å². The van der Waals surface area contributed by atoms with E-state index >= 15 is 0 Å². The Kier molecular flexibility index (Phi) is 39.8. The monoisotopic (exact) mass is 838 g/mol. The summed E-state index contributed by atoms with van der Waals surface area (Å²) in [6.45, 7) is 4.46. The van der Waals surface area contributed by atoms with Gasteiger partial charge in [0.25, 0.3) is 0 Å². The van der Waals surface area contributed by atoms with E-state index < -0.39 is 18.1 Å². The number of unbranched alkanes of at least 4 members (excludes halogenated alkanes) is 15. The lowest BCUT2D eigenvalue weighted by Gasteiger charge is -2.34. The number of hydrogen-bond donors (Lipinski definition) is 0. The second-order valence-electron chi connectivity index (χ2n) is 16.7. The highest BCUT2D eigenvalue weighted by molar-refractivity contribution is 5.70. The van der Waals surface area contributed by atoms with Gasteiger partial charge in [0, 0.05) is 19.3 Å². The summed E-state index contributed by atoms with van der Waals surface area (Å²) in [6, 6.07) is -0.736. The normalized spacial score (nSPS) is 13.7. The summed E-state index contributed by atoms with van der Waals surface area (Å²) < 4.78 is 17.2. The molecule has 342 valence electrons. The van der Waals surface area contributed by atoms with Gasteiger partial charge in [-0.2, -0.15) is 0 Å². The summed E-state index contributed by atoms with van der Waals surface area (Å²) in [6.07, 6.45) is 54.6. The first-order valence-corrected chi connectivity index (χ1v) is 23.6. The first-order chi connectivity index (χ1) is 29.1. The van der Waals surface area contributed by atoms with E-state index in [-0.39, 0.29) is 42.7 Å². The van der Waals surface area contributed by atoms with Crippen LogP contribution in [0, 0.1) is 0 Å². The fraction of sp³-hybridized carbons (Fsp3) is 0.673. The van der Waals surface area contributed by atoms with Crippen LogP contribution < -0.4 is 5.11 Å². The molecule has 0 aliphatic carbocycles. The van der Waals surface area contributed by atoms with Crippen molar-refractivity contribution in [2.45, 2.75) is 187 Å². The summed E-state index contributed by atoms with van der Waals surface area (Å²) in [4.78, 5) is 36.9. The zero-order chi connectivity index (χ0) is 44.2. The van der Waals surface area contributed by atoms with Gasteiger partial charge in [0.05, 0.1) is 40.3 Å². The van der Waals surface area contributed by atoms with Crippen molar-refractivity contribution >= 4 is 17.9 Å². The van der Waals surface area contributed by atoms with Gasteiger partial charge in [-0.3, -0.25) is 9.59 Å². The number of likely N-dealkylation sites (N-methyl/N-ethyl adjacent to an activating group) is 1. The predicted molar refractivity (Wildman–Crippen MR) is 249 cm³/mol. The third kappa shape index (κ3) is 39.9. The first-order valence-electron chi connectivity index (χ1n) is 23.6. The summed E-state index contributed by atoms with van der Waals surface area (Å²) in [5, 5.41) is 11.6. The Morgan fingerprint density at radius 1 is 0.533 bits per heavy atom. The molecule has 0 aliphatic heterocycles. The number of hydrogen-bond acceptors (Lipinski definition) is 7. The van der Waals surface area contributed by atoms with Gasteiger partial charge in [0.1, 0.15) is 12.6 Å². The van der Waals surface area contributed by atoms with E-state index in [1.165, 1.54) is 44.9 Å². The van der Waals surface area contributed by atoms with Gasteiger partial charge >= 0.3 is 11.9 Å². The number of rotatable bonds is 41. The average Bonchev–Trinajstić information content (AvgIpc) is 3.21. The molecule has 0 aromatic carbocycles. The van der Waals surface area contributed by atoms with Gasteiger partial charge in [-0.15, -0.1) is 0 Å². The largest absolute Gasteiger partial charge is 0.544 e. The van der Waals surface area contributed by atoms with E-state index in [1.54, 1.807) is 21.1 Å². The van der Waals surface area contributed by atoms with Crippen molar-refractivity contribution in [3.63, 3.8) is 0 Å². The van der Waals surface area contributed by atoms with Crippen molar-refractivity contribution in [2.24, 2.45) is 0 Å². The Morgan fingerprint density at radius 3 is 1.52 bits per heavy atom. The predicted octanol–water partition coefficient (Wildman–Crippen LogP) is 12.0. The lowest BCUT2D eigenvalue weighted by molar-refractivity contribution is -0.889. The molecule has 8 nitrogen and oxygen atoms in total. The molecule has 0 radical (unpaired) electrons. The molecule has 0 aromatic rings. The minimum atomic E-state index is -1.13. The van der Waals surface area contributed by atoms with Gasteiger partial charge in [0.2, 0.25) is 0 Å². The Hall–Kier alpha value is -3.49. The fourth-order valence-electron chi connectivity index (χ4n) is 6.41. The molecule has 60 heavy (non-hydrogen) atoms. The number of carboxylic acids is 1. The standard InChI is InChI=1S/C52H87NO7/c1-6-8-10-12-14-16-18-20-22-23-24-25-26-27-29-30-32-34-36-38-40-42-50(54)59-47-48(46-58-45-44-49(52(56)57)53(3,4)5)60-51(55)43-41-39-37-35-33-31-28-21-19-17-15-13-11-9-7-2/h9,11,13-17,19-20,22,24-25,27,29,48-49H,6-8,10,12,18,21,23,26,28,30-47H2,1-5H3/b11-9+,15-13+,16-14+,19-17+,22-20+,25-24+,29-27+. The molecule has 0 rings (SSSR count). The number of carbonyl (C=O) groups is 3. The molecule has 0 amide bonds. The minimum Gasteiger partial charge on any atom is -0.544 e. The van der Waals surface area contributed by atoms with Crippen LogP contribution in [0.5, 0.6) is 0 Å². The van der Waals surface area contributed by atoms with Crippen LogP contribution >= 0.6 is 0 Å². The van der Waals surface area contributed by atoms with E-state index in [0.29, 0.717) is 12.8 Å². The van der Waals surface area contributed by atoms with E-state index in [1.807, 2.05) is 0 Å². The Morgan fingerprint density at radius 2 is 1.00 bits per heavy atom. The molecule has 0 saturated carbocycles. The molecule has 8 heteroatoms. The molecule has 0 fully saturated rings. The van der Waals surface area contributed by atoms with Crippen LogP contribution in [0.4, 0.5) is 0 Å². The van der Waals surface area contributed by atoms with Crippen LogP contribution in [0.25, 0.3) is 0 Å². The zero-order valence-corrected chi connectivity index (χ0v) is 38.8. The Labute approximate surface area is 367 Å². The maximum absolute atomic E-state index is 12.7. The van der Waals surface area contributed by atoms with Gasteiger partial charge in [-0.05, 0) is 77.0 Å². The summed E-state index contributed by atoms with van der Waals surface area (Å²) in [5.74, 6) is -1.78. The molecule has 0 N–H and O–H groups in total. The molecule has 2 unspecified atom stereocenters. The van der Waals surface area contributed by atoms with Crippen LogP contribution in [-0.4, -0.2) is 75.5 Å². The molecule has 2 atom stereocenters. The second kappa shape index (κ2) is 42.2. The molecular weight excluding hydrogens is 751 g/mol. The van der Waals surface area contributed by atoms with Crippen LogP contribution in [0.3, 0.4) is 0 Å². The summed E-state index contributed by atoms with van der Waals surface area (Å²) in [5.41, 5.74) is 0. The molecular formula is C52H87NO7. The molecule has 0 heterocycles. The lowest BCUT2D eigenvalue weighted by atomic mass is 10.1. The van der Waals surface area contributed by atoms with E-state index in [9.17, 15) is 19.5 Å². The zero-order valence-electron chi connectivity index (χ0n) is 38.8. The SMILES string of the molecule is CC/C=C/C=C/C=C/CCCCCCCCCC(=O)OC(COCCC(C(=O)[O-])[N+](C)(C)C)COC(=O)CCCCCCC/C=C/C/C=C/C/C=C/C/C=C/CCCCC. The smallest absolute Gasteiger partial charge is 0.306 e. The highest BCUT2D eigenvalue weighted by Gasteiger charge is 2.25. The number of ether oxygens (including phenoxy) is 3. The van der Waals surface area contributed by atoms with Gasteiger partial charge < -0.3 is 28.6 Å². The second-order valence-corrected chi connectivity index (χ2v) is 16.7. The van der Waals surface area contributed by atoms with Crippen molar-refractivity contribution in [1.29, 1.82) is 0 Å². The molecule has 0 spiro atoms. The number of carbonyl (C=O) groups excluding carboxylic acids is 3. The van der Waals surface area contributed by atoms with Gasteiger partial charge in [0.15, 0.2) is 6.10 Å². The van der Waals surface area contributed by atoms with Crippen LogP contribution in [0.15, 0.2) is 85.1 Å². The number of aliphatic carboxylic acids is 1. The maximum Gasteiger partial charge on any atom is 0.306 e. The Balaban J connectivity index is 4.36. The van der Waals surface area contributed by atoms with E-state index in [4.69, 9.17) is 14.2 Å². The first kappa shape index (κ1) is 56.5. The van der Waals surface area contributed by atoms with Crippen molar-refractivity contribution in [2.75, 3.05) is 41.0 Å². The summed E-state index contributed by atoms with van der Waals surface area (Å²) in [7, 11) is 5.39. The fourth-order valence-corrected chi connectivity index (χ4v) is 6.41. The van der Waals surface area contributed by atoms with Crippen molar-refractivity contribution in [3.8, 4) is 0 Å². The lowest BCUT2D eigenvalue weighted by Crippen LogP contribution is -2.55. The quantitative estimate of drug-likeness (QED) is 0.0199. The van der Waals surface area contributed by atoms with Crippen LogP contribution in [-0.2, 0) is 28.6 Å². The van der Waals surface area contributed by atoms with Crippen LogP contribution in [0.2, 0.25) is 0 Å². The highest BCUT2D eigenvalue weighted by Crippen LogP contribution is 2.13. The third-order valence-corrected chi connectivity index (χ3v) is 10.1. The number of quaternary nitrogens is 1. The average molecular weight is 838 g/mol. The van der Waals surface area contributed by atoms with Crippen molar-refractivity contribution < 1.29 is 38.2 Å². The van der Waals surface area contributed by atoms with Gasteiger partial charge in [-0.1, -0.05) is 163 Å². The van der Waals surface area contributed by atoms with Crippen LogP contribution in [0.1, 0.15) is 174 Å². The topological polar surface area (TPSA) is 102 Å². The third-order valence-electron chi connectivity index (χ3n) is 10.1. The molecule has 0 saturated heterocycles. The Bertz CT molecular complexity index is 1250. The minimum absolute atomic E-state index is 0.0246. The number of esters is 2. The van der Waals surface area contributed by atoms with Crippen molar-refractivity contribution in [3.05, 3.63) is 85.1 Å². The maximum atomic E-state index is 12.7. The summed E-state index contributed by atoms with van der Waals surface area (Å²) >= 11 is 0. The molecule has 0 aliphatic rings. The molecule has 0 bridgehead atoms. The number of nitrogens with zero attached hydrogens (tertiary/aromatic N) is 1. The number of allylic oxidation sites excluding steroid dienone is 14. The molecule has 0 aromatic heterocycles. The number of carboxylic acid groups (broad SMARTS) is 1. The van der Waals surface area contributed by atoms with E-state index in [0.717, 1.165) is 96.3 Å².